The molecule has 92 valence electrons. The van der Waals surface area contributed by atoms with Crippen molar-refractivity contribution < 1.29 is 0 Å². The summed E-state index contributed by atoms with van der Waals surface area (Å²) in [6, 6.07) is 0. The zero-order valence-electron chi connectivity index (χ0n) is 11.4. The molecule has 0 saturated heterocycles. The number of unbranched alkanes of at least 4 members (excludes halogenated alkanes) is 7. The minimum atomic E-state index is 0.968. The molecule has 15 heavy (non-hydrogen) atoms. The van der Waals surface area contributed by atoms with Gasteiger partial charge in [0.15, 0.2) is 0 Å². The summed E-state index contributed by atoms with van der Waals surface area (Å²) >= 11 is 0. The van der Waals surface area contributed by atoms with Gasteiger partial charge in [-0.1, -0.05) is 91.4 Å². The third kappa shape index (κ3) is 11.9. The second-order valence-electron chi connectivity index (χ2n) is 5.16. The topological polar surface area (TPSA) is 0 Å². The molecule has 0 heterocycles. The van der Waals surface area contributed by atoms with Crippen LogP contribution in [0.4, 0.5) is 0 Å². The van der Waals surface area contributed by atoms with Gasteiger partial charge in [0.25, 0.3) is 0 Å². The van der Waals surface area contributed by atoms with Gasteiger partial charge in [0.2, 0.25) is 0 Å². The number of rotatable bonds is 11. The first-order chi connectivity index (χ1) is 7.31. The average Bonchev–Trinajstić information content (AvgIpc) is 2.22. The minimum Gasteiger partial charge on any atom is -0.0654 e. The van der Waals surface area contributed by atoms with Crippen LogP contribution in [0, 0.1) is 5.92 Å². The molecule has 1 atom stereocenters. The molecule has 0 spiro atoms. The highest BCUT2D eigenvalue weighted by molar-refractivity contribution is 4.53. The van der Waals surface area contributed by atoms with E-state index in [1.54, 1.807) is 0 Å². The van der Waals surface area contributed by atoms with Crippen LogP contribution in [-0.2, 0) is 0 Å². The van der Waals surface area contributed by atoms with Crippen molar-refractivity contribution in [3.63, 3.8) is 0 Å². The van der Waals surface area contributed by atoms with Crippen LogP contribution in [0.25, 0.3) is 0 Å². The molecule has 0 aliphatic heterocycles. The highest BCUT2D eigenvalue weighted by atomic mass is 14.1. The van der Waals surface area contributed by atoms with E-state index >= 15 is 0 Å². The Hall–Kier alpha value is 0. The summed E-state index contributed by atoms with van der Waals surface area (Å²) in [7, 11) is 0. The smallest absolute Gasteiger partial charge is 0.0443 e. The zero-order chi connectivity index (χ0) is 11.4. The molecular weight excluding hydrogens is 180 g/mol. The van der Waals surface area contributed by atoms with Gasteiger partial charge in [0.1, 0.15) is 0 Å². The second-order valence-corrected chi connectivity index (χ2v) is 5.16. The summed E-state index contributed by atoms with van der Waals surface area (Å²) < 4.78 is 0. The van der Waals surface area contributed by atoms with Gasteiger partial charge in [-0.2, -0.15) is 0 Å². The summed E-state index contributed by atoms with van der Waals surface area (Å²) in [5.74, 6) is 0.968. The Kier molecular flexibility index (Phi) is 12.1. The Balaban J connectivity index is 2.98. The van der Waals surface area contributed by atoms with Gasteiger partial charge in [-0.15, -0.1) is 0 Å². The van der Waals surface area contributed by atoms with E-state index in [4.69, 9.17) is 0 Å². The van der Waals surface area contributed by atoms with Crippen molar-refractivity contribution in [1.29, 1.82) is 0 Å². The van der Waals surface area contributed by atoms with Crippen molar-refractivity contribution in [2.75, 3.05) is 0 Å². The Morgan fingerprint density at radius 3 is 1.67 bits per heavy atom. The van der Waals surface area contributed by atoms with Crippen LogP contribution in [0.3, 0.4) is 0 Å². The van der Waals surface area contributed by atoms with Crippen molar-refractivity contribution in [1.82, 2.24) is 0 Å². The predicted molar refractivity (Wildman–Crippen MR) is 71.3 cm³/mol. The molecule has 0 amide bonds. The first kappa shape index (κ1) is 15.0. The van der Waals surface area contributed by atoms with Crippen LogP contribution in [0.2, 0.25) is 0 Å². The monoisotopic (exact) mass is 212 g/mol. The zero-order valence-corrected chi connectivity index (χ0v) is 11.4. The molecule has 0 aliphatic carbocycles. The molecule has 0 saturated carbocycles. The van der Waals surface area contributed by atoms with E-state index in [2.05, 4.69) is 20.8 Å². The van der Waals surface area contributed by atoms with Gasteiger partial charge in [0.05, 0.1) is 0 Å². The molecule has 0 fully saturated rings. The molecule has 0 unspecified atom stereocenters. The quantitative estimate of drug-likeness (QED) is 0.371. The molecule has 0 aliphatic rings. The van der Waals surface area contributed by atoms with Crippen LogP contribution >= 0.6 is 0 Å². The molecule has 0 aromatic heterocycles. The van der Waals surface area contributed by atoms with Gasteiger partial charge >= 0.3 is 0 Å². The van der Waals surface area contributed by atoms with Crippen molar-refractivity contribution in [3.05, 3.63) is 0 Å². The van der Waals surface area contributed by atoms with Crippen LogP contribution in [0.15, 0.2) is 0 Å². The Labute approximate surface area is 97.8 Å². The van der Waals surface area contributed by atoms with Crippen molar-refractivity contribution in [2.45, 2.75) is 91.4 Å². The lowest BCUT2D eigenvalue weighted by Gasteiger charge is -2.09. The molecule has 0 heteroatoms. The summed E-state index contributed by atoms with van der Waals surface area (Å²) in [6.07, 6.45) is 15.9. The van der Waals surface area contributed by atoms with Gasteiger partial charge in [0, 0.05) is 0 Å². The molecule has 0 radical (unpaired) electrons. The van der Waals surface area contributed by atoms with Gasteiger partial charge in [-0.05, 0) is 5.92 Å². The molecular formula is C15H32. The Morgan fingerprint density at radius 2 is 1.13 bits per heavy atom. The van der Waals surface area contributed by atoms with Crippen LogP contribution in [0.1, 0.15) is 91.4 Å². The highest BCUT2D eigenvalue weighted by Gasteiger charge is 1.99. The van der Waals surface area contributed by atoms with E-state index in [1.807, 2.05) is 0 Å². The lowest BCUT2D eigenvalue weighted by Crippen LogP contribution is -1.93. The maximum absolute atomic E-state index is 2.41. The first-order valence-corrected chi connectivity index (χ1v) is 7.31. The fourth-order valence-corrected chi connectivity index (χ4v) is 2.26. The fraction of sp³-hybridized carbons (Fsp3) is 1.00. The summed E-state index contributed by atoms with van der Waals surface area (Å²) in [6.45, 7) is 6.99. The van der Waals surface area contributed by atoms with E-state index in [0.29, 0.717) is 0 Å². The molecule has 0 N–H and O–H groups in total. The number of hydrogen-bond donors (Lipinski definition) is 0. The van der Waals surface area contributed by atoms with E-state index in [-0.39, 0.29) is 0 Å². The lowest BCUT2D eigenvalue weighted by atomic mass is 9.98. The first-order valence-electron chi connectivity index (χ1n) is 7.31. The SMILES string of the molecule is CCCCCCCCCC[C@H](C)CCC. The van der Waals surface area contributed by atoms with Crippen LogP contribution in [0.5, 0.6) is 0 Å². The van der Waals surface area contributed by atoms with Gasteiger partial charge in [-0.3, -0.25) is 0 Å². The lowest BCUT2D eigenvalue weighted by molar-refractivity contribution is 0.450. The number of hydrogen-bond acceptors (Lipinski definition) is 0. The van der Waals surface area contributed by atoms with Crippen LogP contribution in [-0.4, -0.2) is 0 Å². The van der Waals surface area contributed by atoms with E-state index < -0.39 is 0 Å². The average molecular weight is 212 g/mol. The van der Waals surface area contributed by atoms with Crippen molar-refractivity contribution >= 4 is 0 Å². The standard InChI is InChI=1S/C15H32/c1-4-6-7-8-9-10-11-12-14-15(3)13-5-2/h15H,4-14H2,1-3H3/t15-/m1/s1. The molecule has 0 aromatic rings. The normalized spacial score (nSPS) is 13.0. The van der Waals surface area contributed by atoms with E-state index in [9.17, 15) is 0 Å². The maximum atomic E-state index is 2.41. The molecule has 0 rings (SSSR count). The summed E-state index contributed by atoms with van der Waals surface area (Å²) in [5, 5.41) is 0. The molecule has 0 nitrogen and oxygen atoms in total. The third-order valence-electron chi connectivity index (χ3n) is 3.33. The molecule has 0 aromatic carbocycles. The van der Waals surface area contributed by atoms with E-state index in [0.717, 1.165) is 5.92 Å². The molecule has 0 bridgehead atoms. The maximum Gasteiger partial charge on any atom is -0.0443 e. The van der Waals surface area contributed by atoms with E-state index in [1.165, 1.54) is 70.6 Å². The predicted octanol–water partition coefficient (Wildman–Crippen LogP) is 5.95. The Bertz CT molecular complexity index is 107. The second kappa shape index (κ2) is 12.1. The Morgan fingerprint density at radius 1 is 0.600 bits per heavy atom. The largest absolute Gasteiger partial charge is 0.0654 e. The summed E-state index contributed by atoms with van der Waals surface area (Å²) in [5.41, 5.74) is 0. The van der Waals surface area contributed by atoms with Crippen LogP contribution < -0.4 is 0 Å². The van der Waals surface area contributed by atoms with Gasteiger partial charge in [-0.25, -0.2) is 0 Å². The van der Waals surface area contributed by atoms with Crippen molar-refractivity contribution in [3.8, 4) is 0 Å². The van der Waals surface area contributed by atoms with Gasteiger partial charge < -0.3 is 0 Å². The highest BCUT2D eigenvalue weighted by Crippen LogP contribution is 2.16. The fourth-order valence-electron chi connectivity index (χ4n) is 2.26. The van der Waals surface area contributed by atoms with Crippen molar-refractivity contribution in [2.24, 2.45) is 5.92 Å². The summed E-state index contributed by atoms with van der Waals surface area (Å²) in [4.78, 5) is 0. The minimum absolute atomic E-state index is 0.968. The third-order valence-corrected chi connectivity index (χ3v) is 3.33.